The summed E-state index contributed by atoms with van der Waals surface area (Å²) in [6, 6.07) is 4.33. The third-order valence-corrected chi connectivity index (χ3v) is 2.42. The van der Waals surface area contributed by atoms with E-state index in [1.165, 1.54) is 18.2 Å². The maximum Gasteiger partial charge on any atom is 0.224 e. The van der Waals surface area contributed by atoms with E-state index in [9.17, 15) is 9.18 Å². The van der Waals surface area contributed by atoms with Crippen LogP contribution in [0.4, 0.5) is 10.1 Å². The number of amides is 1. The Morgan fingerprint density at radius 2 is 2.27 bits per heavy atom. The molecule has 0 fully saturated rings. The predicted octanol–water partition coefficient (Wildman–Crippen LogP) is 2.27. The predicted molar refractivity (Wildman–Crippen MR) is 61.0 cm³/mol. The summed E-state index contributed by atoms with van der Waals surface area (Å²) in [5.41, 5.74) is 5.85. The second-order valence-electron chi connectivity index (χ2n) is 3.07. The summed E-state index contributed by atoms with van der Waals surface area (Å²) in [6.45, 7) is 0.487. The van der Waals surface area contributed by atoms with Crippen molar-refractivity contribution in [3.63, 3.8) is 0 Å². The van der Waals surface area contributed by atoms with Crippen molar-refractivity contribution in [1.82, 2.24) is 0 Å². The highest BCUT2D eigenvalue weighted by molar-refractivity contribution is 9.10. The average Bonchev–Trinajstić information content (AvgIpc) is 2.20. The molecule has 0 radical (unpaired) electrons. The van der Waals surface area contributed by atoms with Gasteiger partial charge in [0.25, 0.3) is 0 Å². The van der Waals surface area contributed by atoms with Crippen LogP contribution in [0.2, 0.25) is 0 Å². The van der Waals surface area contributed by atoms with Gasteiger partial charge in [-0.2, -0.15) is 0 Å². The third-order valence-electron chi connectivity index (χ3n) is 1.81. The number of carbonyl (C=O) groups is 1. The maximum atomic E-state index is 12.9. The highest BCUT2D eigenvalue weighted by atomic mass is 79.9. The van der Waals surface area contributed by atoms with Crippen molar-refractivity contribution in [3.05, 3.63) is 28.5 Å². The average molecular weight is 275 g/mol. The second kappa shape index (κ2) is 5.82. The van der Waals surface area contributed by atoms with E-state index in [1.54, 1.807) is 0 Å². The molecule has 1 aromatic rings. The van der Waals surface area contributed by atoms with Gasteiger partial charge in [-0.15, -0.1) is 0 Å². The zero-order chi connectivity index (χ0) is 11.3. The first kappa shape index (κ1) is 12.1. The quantitative estimate of drug-likeness (QED) is 0.885. The minimum atomic E-state index is -0.352. The number of hydrogen-bond donors (Lipinski definition) is 2. The number of hydrogen-bond acceptors (Lipinski definition) is 2. The highest BCUT2D eigenvalue weighted by Gasteiger charge is 2.04. The Labute approximate surface area is 96.0 Å². The molecule has 0 aliphatic rings. The number of carbonyl (C=O) groups excluding carboxylic acids is 1. The number of halogens is 2. The van der Waals surface area contributed by atoms with Crippen LogP contribution in [0.5, 0.6) is 0 Å². The largest absolute Gasteiger partial charge is 0.330 e. The first-order valence-electron chi connectivity index (χ1n) is 4.58. The molecule has 3 nitrogen and oxygen atoms in total. The molecule has 0 heterocycles. The molecule has 0 atom stereocenters. The molecule has 0 aliphatic carbocycles. The Bertz CT molecular complexity index is 357. The lowest BCUT2D eigenvalue weighted by Crippen LogP contribution is -2.13. The van der Waals surface area contributed by atoms with Gasteiger partial charge in [-0.1, -0.05) is 0 Å². The zero-order valence-corrected chi connectivity index (χ0v) is 9.68. The molecule has 0 saturated carbocycles. The van der Waals surface area contributed by atoms with Gasteiger partial charge in [0, 0.05) is 12.1 Å². The smallest absolute Gasteiger partial charge is 0.224 e. The molecule has 15 heavy (non-hydrogen) atoms. The van der Waals surface area contributed by atoms with Crippen molar-refractivity contribution < 1.29 is 9.18 Å². The molecule has 0 bridgehead atoms. The number of benzene rings is 1. The van der Waals surface area contributed by atoms with E-state index in [4.69, 9.17) is 5.73 Å². The van der Waals surface area contributed by atoms with E-state index in [-0.39, 0.29) is 11.7 Å². The van der Waals surface area contributed by atoms with Crippen LogP contribution in [0.15, 0.2) is 22.7 Å². The number of rotatable bonds is 4. The molecule has 0 aromatic heterocycles. The second-order valence-corrected chi connectivity index (χ2v) is 3.92. The molecule has 1 aromatic carbocycles. The van der Waals surface area contributed by atoms with Gasteiger partial charge in [0.1, 0.15) is 5.82 Å². The fraction of sp³-hybridized carbons (Fsp3) is 0.300. The van der Waals surface area contributed by atoms with E-state index in [2.05, 4.69) is 21.2 Å². The summed E-state index contributed by atoms with van der Waals surface area (Å²) in [6.07, 6.45) is 1.03. The Morgan fingerprint density at radius 3 is 2.87 bits per heavy atom. The molecule has 5 heteroatoms. The molecule has 1 rings (SSSR count). The first-order valence-corrected chi connectivity index (χ1v) is 5.37. The van der Waals surface area contributed by atoms with Gasteiger partial charge in [0.2, 0.25) is 5.91 Å². The van der Waals surface area contributed by atoms with E-state index < -0.39 is 0 Å². The first-order chi connectivity index (χ1) is 7.13. The van der Waals surface area contributed by atoms with E-state index in [0.29, 0.717) is 29.5 Å². The Balaban J connectivity index is 2.57. The zero-order valence-electron chi connectivity index (χ0n) is 8.09. The van der Waals surface area contributed by atoms with Crippen LogP contribution >= 0.6 is 15.9 Å². The standard InChI is InChI=1S/C10H12BrFN2O/c11-8-6-7(3-4-9(8)12)14-10(15)2-1-5-13/h3-4,6H,1-2,5,13H2,(H,14,15). The lowest BCUT2D eigenvalue weighted by atomic mass is 10.2. The van der Waals surface area contributed by atoms with Crippen molar-refractivity contribution in [2.75, 3.05) is 11.9 Å². The van der Waals surface area contributed by atoms with Gasteiger partial charge in [0.05, 0.1) is 4.47 Å². The molecule has 1 amide bonds. The summed E-state index contributed by atoms with van der Waals surface area (Å²) in [5, 5.41) is 2.65. The Kier molecular flexibility index (Phi) is 4.71. The van der Waals surface area contributed by atoms with Crippen molar-refractivity contribution >= 4 is 27.5 Å². The van der Waals surface area contributed by atoms with Crippen LogP contribution in [0.1, 0.15) is 12.8 Å². The van der Waals surface area contributed by atoms with Crippen molar-refractivity contribution in [1.29, 1.82) is 0 Å². The van der Waals surface area contributed by atoms with Gasteiger partial charge >= 0.3 is 0 Å². The summed E-state index contributed by atoms with van der Waals surface area (Å²) < 4.78 is 13.2. The Hall–Kier alpha value is -0.940. The number of anilines is 1. The third kappa shape index (κ3) is 3.97. The van der Waals surface area contributed by atoms with Crippen LogP contribution in [0.3, 0.4) is 0 Å². The molecule has 3 N–H and O–H groups in total. The normalized spacial score (nSPS) is 10.1. The summed E-state index contributed by atoms with van der Waals surface area (Å²) >= 11 is 3.04. The fourth-order valence-corrected chi connectivity index (χ4v) is 1.44. The molecule has 0 saturated heterocycles. The number of nitrogens with two attached hydrogens (primary N) is 1. The monoisotopic (exact) mass is 274 g/mol. The van der Waals surface area contributed by atoms with Crippen molar-refractivity contribution in [2.45, 2.75) is 12.8 Å². The summed E-state index contributed by atoms with van der Waals surface area (Å²) in [4.78, 5) is 11.3. The van der Waals surface area contributed by atoms with E-state index in [0.717, 1.165) is 0 Å². The van der Waals surface area contributed by atoms with Crippen LogP contribution in [-0.2, 0) is 4.79 Å². The molecule has 0 aliphatic heterocycles. The number of nitrogens with one attached hydrogen (secondary N) is 1. The maximum absolute atomic E-state index is 12.9. The molecule has 0 unspecified atom stereocenters. The van der Waals surface area contributed by atoms with Crippen LogP contribution in [0.25, 0.3) is 0 Å². The van der Waals surface area contributed by atoms with Crippen molar-refractivity contribution in [2.24, 2.45) is 5.73 Å². The minimum Gasteiger partial charge on any atom is -0.330 e. The SMILES string of the molecule is NCCCC(=O)Nc1ccc(F)c(Br)c1. The van der Waals surface area contributed by atoms with Crippen LogP contribution in [-0.4, -0.2) is 12.5 Å². The summed E-state index contributed by atoms with van der Waals surface area (Å²) in [7, 11) is 0. The van der Waals surface area contributed by atoms with Gasteiger partial charge < -0.3 is 11.1 Å². The van der Waals surface area contributed by atoms with Crippen LogP contribution in [0, 0.1) is 5.82 Å². The molecular weight excluding hydrogens is 263 g/mol. The van der Waals surface area contributed by atoms with Gasteiger partial charge in [-0.3, -0.25) is 4.79 Å². The highest BCUT2D eigenvalue weighted by Crippen LogP contribution is 2.20. The molecule has 82 valence electrons. The molecular formula is C10H12BrFN2O. The van der Waals surface area contributed by atoms with E-state index >= 15 is 0 Å². The molecule has 0 spiro atoms. The van der Waals surface area contributed by atoms with E-state index in [1.807, 2.05) is 0 Å². The fourth-order valence-electron chi connectivity index (χ4n) is 1.06. The lowest BCUT2D eigenvalue weighted by Gasteiger charge is -2.05. The topological polar surface area (TPSA) is 55.1 Å². The van der Waals surface area contributed by atoms with Crippen LogP contribution < -0.4 is 11.1 Å². The Morgan fingerprint density at radius 1 is 1.53 bits per heavy atom. The van der Waals surface area contributed by atoms with Gasteiger partial charge in [-0.05, 0) is 47.1 Å². The summed E-state index contributed by atoms with van der Waals surface area (Å²) in [5.74, 6) is -0.464. The minimum absolute atomic E-state index is 0.112. The van der Waals surface area contributed by atoms with Crippen molar-refractivity contribution in [3.8, 4) is 0 Å². The van der Waals surface area contributed by atoms with Gasteiger partial charge in [-0.25, -0.2) is 4.39 Å². The van der Waals surface area contributed by atoms with Gasteiger partial charge in [0.15, 0.2) is 0 Å². The lowest BCUT2D eigenvalue weighted by molar-refractivity contribution is -0.116.